The number of rotatable bonds is 7. The van der Waals surface area contributed by atoms with Crippen LogP contribution in [-0.4, -0.2) is 9.13 Å². The number of fused-ring (bicyclic) bond motifs is 7. The van der Waals surface area contributed by atoms with Gasteiger partial charge in [0.25, 0.3) is 0 Å². The number of benzene rings is 7. The Labute approximate surface area is 281 Å². The second-order valence-electron chi connectivity index (χ2n) is 12.8. The summed E-state index contributed by atoms with van der Waals surface area (Å²) in [4.78, 5) is 0. The lowest BCUT2D eigenvalue weighted by Crippen LogP contribution is -1.95. The van der Waals surface area contributed by atoms with Gasteiger partial charge in [-0.3, -0.25) is 0 Å². The van der Waals surface area contributed by atoms with E-state index < -0.39 is 0 Å². The minimum Gasteiger partial charge on any atom is -0.309 e. The van der Waals surface area contributed by atoms with Gasteiger partial charge in [-0.05, 0) is 83.1 Å². The lowest BCUT2D eigenvalue weighted by atomic mass is 9.98. The molecule has 0 fully saturated rings. The van der Waals surface area contributed by atoms with Gasteiger partial charge in [0.1, 0.15) is 0 Å². The van der Waals surface area contributed by atoms with Gasteiger partial charge in [-0.25, -0.2) is 0 Å². The van der Waals surface area contributed by atoms with E-state index in [1.165, 1.54) is 90.0 Å². The highest BCUT2D eigenvalue weighted by molar-refractivity contribution is 6.26. The summed E-state index contributed by atoms with van der Waals surface area (Å²) in [6.45, 7) is 2.25. The Hall–Kier alpha value is -5.86. The molecule has 2 aromatic heterocycles. The highest BCUT2D eigenvalue weighted by atomic mass is 15.0. The smallest absolute Gasteiger partial charge is 0.0641 e. The molecule has 0 amide bonds. The summed E-state index contributed by atoms with van der Waals surface area (Å²) >= 11 is 0. The third-order valence-electron chi connectivity index (χ3n) is 9.93. The van der Waals surface area contributed by atoms with Crippen molar-refractivity contribution >= 4 is 43.6 Å². The van der Waals surface area contributed by atoms with Crippen LogP contribution in [-0.2, 0) is 6.42 Å². The predicted octanol–water partition coefficient (Wildman–Crippen LogP) is 12.6. The molecule has 48 heavy (non-hydrogen) atoms. The van der Waals surface area contributed by atoms with Crippen LogP contribution in [0, 0.1) is 0 Å². The maximum atomic E-state index is 2.46. The molecular formula is C46H36N2. The SMILES string of the molecule is CCCCc1ccc(-c2ccc(-c3ccc(-n4c5ccccc5c5ccc6c(c7ccccc7n6-c6ccccc6)c54)cc3)cc2)cc1. The molecule has 0 bridgehead atoms. The first kappa shape index (κ1) is 28.4. The van der Waals surface area contributed by atoms with Crippen LogP contribution >= 0.6 is 0 Å². The van der Waals surface area contributed by atoms with Crippen LogP contribution in [0.25, 0.3) is 77.2 Å². The maximum Gasteiger partial charge on any atom is 0.0641 e. The molecule has 2 heterocycles. The first-order chi connectivity index (χ1) is 23.8. The molecule has 9 aromatic rings. The third-order valence-corrected chi connectivity index (χ3v) is 9.93. The fraction of sp³-hybridized carbons (Fsp3) is 0.0870. The van der Waals surface area contributed by atoms with Crippen LogP contribution < -0.4 is 0 Å². The molecule has 0 N–H and O–H groups in total. The molecule has 230 valence electrons. The summed E-state index contributed by atoms with van der Waals surface area (Å²) < 4.78 is 4.87. The molecule has 0 atom stereocenters. The molecule has 0 aliphatic heterocycles. The van der Waals surface area contributed by atoms with E-state index >= 15 is 0 Å². The fourth-order valence-corrected chi connectivity index (χ4v) is 7.53. The fourth-order valence-electron chi connectivity index (χ4n) is 7.53. The third kappa shape index (κ3) is 4.64. The van der Waals surface area contributed by atoms with E-state index in [2.05, 4.69) is 180 Å². The number of hydrogen-bond donors (Lipinski definition) is 0. The highest BCUT2D eigenvalue weighted by Crippen LogP contribution is 2.42. The summed E-state index contributed by atoms with van der Waals surface area (Å²) in [5, 5.41) is 5.08. The minimum absolute atomic E-state index is 1.15. The normalized spacial score (nSPS) is 11.7. The van der Waals surface area contributed by atoms with Crippen molar-refractivity contribution in [1.82, 2.24) is 9.13 Å². The van der Waals surface area contributed by atoms with Gasteiger partial charge in [0.15, 0.2) is 0 Å². The molecule has 2 heteroatoms. The van der Waals surface area contributed by atoms with Crippen molar-refractivity contribution in [3.8, 4) is 33.6 Å². The minimum atomic E-state index is 1.15. The first-order valence-corrected chi connectivity index (χ1v) is 17.1. The molecule has 2 nitrogen and oxygen atoms in total. The largest absolute Gasteiger partial charge is 0.309 e. The zero-order valence-corrected chi connectivity index (χ0v) is 27.1. The molecule has 0 saturated carbocycles. The molecule has 7 aromatic carbocycles. The van der Waals surface area contributed by atoms with Crippen LogP contribution in [0.5, 0.6) is 0 Å². The van der Waals surface area contributed by atoms with Crippen LogP contribution in [0.3, 0.4) is 0 Å². The van der Waals surface area contributed by atoms with Crippen molar-refractivity contribution in [2.45, 2.75) is 26.2 Å². The van der Waals surface area contributed by atoms with Gasteiger partial charge >= 0.3 is 0 Å². The maximum absolute atomic E-state index is 2.46. The summed E-state index contributed by atoms with van der Waals surface area (Å²) in [5.41, 5.74) is 13.6. The molecule has 0 spiro atoms. The molecule has 0 aliphatic carbocycles. The number of hydrogen-bond acceptors (Lipinski definition) is 0. The van der Waals surface area contributed by atoms with E-state index in [1.807, 2.05) is 0 Å². The molecule has 0 unspecified atom stereocenters. The molecule has 9 rings (SSSR count). The number of para-hydroxylation sites is 3. The van der Waals surface area contributed by atoms with E-state index in [-0.39, 0.29) is 0 Å². The monoisotopic (exact) mass is 616 g/mol. The van der Waals surface area contributed by atoms with Crippen molar-refractivity contribution < 1.29 is 0 Å². The van der Waals surface area contributed by atoms with E-state index in [1.54, 1.807) is 0 Å². The van der Waals surface area contributed by atoms with Gasteiger partial charge in [-0.2, -0.15) is 0 Å². The number of nitrogens with zero attached hydrogens (tertiary/aromatic N) is 2. The Morgan fingerprint density at radius 1 is 0.396 bits per heavy atom. The zero-order valence-electron chi connectivity index (χ0n) is 27.1. The topological polar surface area (TPSA) is 9.86 Å². The highest BCUT2D eigenvalue weighted by Gasteiger charge is 2.20. The standard InChI is InChI=1S/C46H36N2/c1-2-3-11-32-18-20-33(21-19-32)34-22-24-35(25-23-34)36-26-28-38(29-27-36)48-42-16-9-7-14-39(42)40-30-31-44-45(46(40)48)41-15-8-10-17-43(41)47(44)37-12-5-4-6-13-37/h4-10,12-31H,2-3,11H2,1H3. The van der Waals surface area contributed by atoms with Gasteiger partial charge in [-0.1, -0.05) is 135 Å². The number of unbranched alkanes of at least 4 members (excludes halogenated alkanes) is 1. The average molecular weight is 617 g/mol. The van der Waals surface area contributed by atoms with E-state index in [4.69, 9.17) is 0 Å². The summed E-state index contributed by atoms with van der Waals surface area (Å²) in [7, 11) is 0. The van der Waals surface area contributed by atoms with Gasteiger partial charge in [-0.15, -0.1) is 0 Å². The quantitative estimate of drug-likeness (QED) is 0.169. The Kier molecular flexibility index (Phi) is 6.94. The zero-order chi connectivity index (χ0) is 32.0. The lowest BCUT2D eigenvalue weighted by molar-refractivity contribution is 0.795. The predicted molar refractivity (Wildman–Crippen MR) is 205 cm³/mol. The second-order valence-corrected chi connectivity index (χ2v) is 12.8. The number of aromatic nitrogens is 2. The Bertz CT molecular complexity index is 2550. The van der Waals surface area contributed by atoms with Crippen molar-refractivity contribution in [2.75, 3.05) is 0 Å². The van der Waals surface area contributed by atoms with Crippen LogP contribution in [0.15, 0.2) is 164 Å². The molecule has 0 aliphatic rings. The molecule has 0 saturated heterocycles. The van der Waals surface area contributed by atoms with Gasteiger partial charge in [0, 0.05) is 32.9 Å². The second kappa shape index (κ2) is 11.7. The van der Waals surface area contributed by atoms with Gasteiger partial charge in [0.05, 0.1) is 22.1 Å². The van der Waals surface area contributed by atoms with Crippen molar-refractivity contribution in [1.29, 1.82) is 0 Å². The average Bonchev–Trinajstić information content (AvgIpc) is 3.68. The Balaban J connectivity index is 1.16. The Morgan fingerprint density at radius 3 is 1.56 bits per heavy atom. The first-order valence-electron chi connectivity index (χ1n) is 17.1. The summed E-state index contributed by atoms with van der Waals surface area (Å²) in [5.74, 6) is 0. The lowest BCUT2D eigenvalue weighted by Gasteiger charge is -2.11. The van der Waals surface area contributed by atoms with Crippen molar-refractivity contribution in [2.24, 2.45) is 0 Å². The van der Waals surface area contributed by atoms with Gasteiger partial charge < -0.3 is 9.13 Å². The van der Waals surface area contributed by atoms with E-state index in [0.717, 1.165) is 12.1 Å². The molecular weight excluding hydrogens is 581 g/mol. The van der Waals surface area contributed by atoms with Crippen molar-refractivity contribution in [3.63, 3.8) is 0 Å². The van der Waals surface area contributed by atoms with Crippen LogP contribution in [0.1, 0.15) is 25.3 Å². The Morgan fingerprint density at radius 2 is 0.917 bits per heavy atom. The molecule has 0 radical (unpaired) electrons. The van der Waals surface area contributed by atoms with Crippen molar-refractivity contribution in [3.05, 3.63) is 169 Å². The summed E-state index contributed by atoms with van der Waals surface area (Å²) in [6.07, 6.45) is 3.63. The van der Waals surface area contributed by atoms with Gasteiger partial charge in [0.2, 0.25) is 0 Å². The summed E-state index contributed by atoms with van der Waals surface area (Å²) in [6, 6.07) is 60.1. The van der Waals surface area contributed by atoms with E-state index in [0.29, 0.717) is 0 Å². The van der Waals surface area contributed by atoms with E-state index in [9.17, 15) is 0 Å². The van der Waals surface area contributed by atoms with Crippen LogP contribution in [0.4, 0.5) is 0 Å². The number of aryl methyl sites for hydroxylation is 1. The van der Waals surface area contributed by atoms with Crippen LogP contribution in [0.2, 0.25) is 0 Å².